The fourth-order valence-electron chi connectivity index (χ4n) is 2.67. The summed E-state index contributed by atoms with van der Waals surface area (Å²) in [4.78, 5) is 26.5. The highest BCUT2D eigenvalue weighted by molar-refractivity contribution is 6.31. The molecule has 4 nitrogen and oxygen atoms in total. The van der Waals surface area contributed by atoms with E-state index < -0.39 is 5.82 Å². The van der Waals surface area contributed by atoms with Crippen LogP contribution >= 0.6 is 11.6 Å². The Labute approximate surface area is 144 Å². The summed E-state index contributed by atoms with van der Waals surface area (Å²) in [6, 6.07) is 10.5. The number of hydrogen-bond donors (Lipinski definition) is 1. The van der Waals surface area contributed by atoms with Crippen molar-refractivity contribution in [3.63, 3.8) is 0 Å². The Hall–Kier alpha value is -2.40. The van der Waals surface area contributed by atoms with Crippen LogP contribution in [-0.4, -0.2) is 29.8 Å². The van der Waals surface area contributed by atoms with Gasteiger partial charge in [-0.1, -0.05) is 17.7 Å². The SMILES string of the molecule is O=C(Nc1ccc(F)c(Cl)c1)c1cccc(C(=O)N2CCCC2)c1. The largest absolute Gasteiger partial charge is 0.339 e. The van der Waals surface area contributed by atoms with Crippen molar-refractivity contribution in [1.82, 2.24) is 4.90 Å². The van der Waals surface area contributed by atoms with Gasteiger partial charge in [-0.2, -0.15) is 0 Å². The highest BCUT2D eigenvalue weighted by Gasteiger charge is 2.20. The Bertz CT molecular complexity index is 788. The number of carbonyl (C=O) groups excluding carboxylic acids is 2. The minimum Gasteiger partial charge on any atom is -0.339 e. The lowest BCUT2D eigenvalue weighted by Crippen LogP contribution is -2.27. The summed E-state index contributed by atoms with van der Waals surface area (Å²) >= 11 is 5.71. The lowest BCUT2D eigenvalue weighted by Gasteiger charge is -2.15. The summed E-state index contributed by atoms with van der Waals surface area (Å²) in [5, 5.41) is 2.58. The van der Waals surface area contributed by atoms with Crippen LogP contribution in [0.5, 0.6) is 0 Å². The van der Waals surface area contributed by atoms with Crippen LogP contribution in [0.25, 0.3) is 0 Å². The zero-order chi connectivity index (χ0) is 17.1. The van der Waals surface area contributed by atoms with Gasteiger partial charge in [0.1, 0.15) is 5.82 Å². The molecule has 0 saturated carbocycles. The van der Waals surface area contributed by atoms with Gasteiger partial charge in [0, 0.05) is 29.9 Å². The van der Waals surface area contributed by atoms with E-state index in [0.717, 1.165) is 25.9 Å². The molecule has 2 aromatic carbocycles. The Kier molecular flexibility index (Phi) is 4.81. The number of halogens is 2. The quantitative estimate of drug-likeness (QED) is 0.914. The van der Waals surface area contributed by atoms with Crippen molar-refractivity contribution in [2.75, 3.05) is 18.4 Å². The maximum atomic E-state index is 13.2. The van der Waals surface area contributed by atoms with Gasteiger partial charge in [0.25, 0.3) is 11.8 Å². The molecule has 2 amide bonds. The zero-order valence-corrected chi connectivity index (χ0v) is 13.6. The molecule has 2 aromatic rings. The van der Waals surface area contributed by atoms with Crippen molar-refractivity contribution in [1.29, 1.82) is 0 Å². The molecule has 1 fully saturated rings. The van der Waals surface area contributed by atoms with Crippen molar-refractivity contribution in [3.8, 4) is 0 Å². The average Bonchev–Trinajstić information content (AvgIpc) is 3.12. The molecule has 1 aliphatic heterocycles. The van der Waals surface area contributed by atoms with E-state index in [-0.39, 0.29) is 16.8 Å². The normalized spacial score (nSPS) is 13.8. The van der Waals surface area contributed by atoms with Crippen molar-refractivity contribution in [3.05, 3.63) is 64.4 Å². The maximum absolute atomic E-state index is 13.2. The summed E-state index contributed by atoms with van der Waals surface area (Å²) in [6.07, 6.45) is 2.02. The first-order chi connectivity index (χ1) is 11.5. The molecule has 1 saturated heterocycles. The second-order valence-electron chi connectivity index (χ2n) is 5.66. The average molecular weight is 347 g/mol. The molecule has 6 heteroatoms. The van der Waals surface area contributed by atoms with Crippen LogP contribution in [-0.2, 0) is 0 Å². The number of rotatable bonds is 3. The van der Waals surface area contributed by atoms with Crippen LogP contribution in [0.2, 0.25) is 5.02 Å². The van der Waals surface area contributed by atoms with Gasteiger partial charge < -0.3 is 10.2 Å². The van der Waals surface area contributed by atoms with Crippen LogP contribution in [0.3, 0.4) is 0 Å². The van der Waals surface area contributed by atoms with Crippen molar-refractivity contribution < 1.29 is 14.0 Å². The smallest absolute Gasteiger partial charge is 0.255 e. The minimum atomic E-state index is -0.548. The lowest BCUT2D eigenvalue weighted by molar-refractivity contribution is 0.0793. The monoisotopic (exact) mass is 346 g/mol. The molecule has 1 N–H and O–H groups in total. The molecule has 0 aliphatic carbocycles. The zero-order valence-electron chi connectivity index (χ0n) is 12.9. The molecule has 1 heterocycles. The van der Waals surface area contributed by atoms with Crippen LogP contribution in [0.15, 0.2) is 42.5 Å². The van der Waals surface area contributed by atoms with Crippen molar-refractivity contribution in [2.45, 2.75) is 12.8 Å². The summed E-state index contributed by atoms with van der Waals surface area (Å²) in [5.41, 5.74) is 1.24. The molecule has 0 aromatic heterocycles. The second kappa shape index (κ2) is 7.01. The number of nitrogens with one attached hydrogen (secondary N) is 1. The van der Waals surface area contributed by atoms with Gasteiger partial charge in [0.2, 0.25) is 0 Å². The summed E-state index contributed by atoms with van der Waals surface area (Å²) in [5.74, 6) is -0.992. The second-order valence-corrected chi connectivity index (χ2v) is 6.07. The molecule has 0 radical (unpaired) electrons. The first kappa shape index (κ1) is 16.5. The van der Waals surface area contributed by atoms with Gasteiger partial charge >= 0.3 is 0 Å². The number of carbonyl (C=O) groups is 2. The minimum absolute atomic E-state index is 0.0630. The predicted molar refractivity (Wildman–Crippen MR) is 90.9 cm³/mol. The van der Waals surface area contributed by atoms with E-state index in [1.807, 2.05) is 0 Å². The molecule has 24 heavy (non-hydrogen) atoms. The molecule has 0 atom stereocenters. The molecule has 0 bridgehead atoms. The van der Waals surface area contributed by atoms with E-state index in [1.54, 1.807) is 29.2 Å². The van der Waals surface area contributed by atoms with Crippen molar-refractivity contribution in [2.24, 2.45) is 0 Å². The highest BCUT2D eigenvalue weighted by Crippen LogP contribution is 2.20. The van der Waals surface area contributed by atoms with Gasteiger partial charge in [-0.05, 0) is 49.2 Å². The molecule has 124 valence electrons. The standard InChI is InChI=1S/C18H16ClFN2O2/c19-15-11-14(6-7-16(15)20)21-17(23)12-4-3-5-13(10-12)18(24)22-8-1-2-9-22/h3-7,10-11H,1-2,8-9H2,(H,21,23). The fraction of sp³-hybridized carbons (Fsp3) is 0.222. The van der Waals surface area contributed by atoms with E-state index in [2.05, 4.69) is 5.32 Å². The Balaban J connectivity index is 1.76. The lowest BCUT2D eigenvalue weighted by atomic mass is 10.1. The van der Waals surface area contributed by atoms with E-state index >= 15 is 0 Å². The molecule has 3 rings (SSSR count). The Morgan fingerprint density at radius 3 is 2.46 bits per heavy atom. The Morgan fingerprint density at radius 1 is 1.04 bits per heavy atom. The van der Waals surface area contributed by atoms with E-state index in [4.69, 9.17) is 11.6 Å². The topological polar surface area (TPSA) is 49.4 Å². The van der Waals surface area contributed by atoms with Crippen LogP contribution < -0.4 is 5.32 Å². The molecular formula is C18H16ClFN2O2. The van der Waals surface area contributed by atoms with Gasteiger partial charge in [-0.25, -0.2) is 4.39 Å². The summed E-state index contributed by atoms with van der Waals surface area (Å²) in [7, 11) is 0. The maximum Gasteiger partial charge on any atom is 0.255 e. The number of hydrogen-bond acceptors (Lipinski definition) is 2. The number of anilines is 1. The van der Waals surface area contributed by atoms with E-state index in [0.29, 0.717) is 16.8 Å². The van der Waals surface area contributed by atoms with Crippen LogP contribution in [0.4, 0.5) is 10.1 Å². The molecule has 0 unspecified atom stereocenters. The summed E-state index contributed by atoms with van der Waals surface area (Å²) < 4.78 is 13.2. The van der Waals surface area contributed by atoms with Gasteiger partial charge in [-0.15, -0.1) is 0 Å². The number of amides is 2. The first-order valence-electron chi connectivity index (χ1n) is 7.70. The van der Waals surface area contributed by atoms with E-state index in [9.17, 15) is 14.0 Å². The third-order valence-electron chi connectivity index (χ3n) is 3.94. The predicted octanol–water partition coefficient (Wildman–Crippen LogP) is 3.97. The number of likely N-dealkylation sites (tertiary alicyclic amines) is 1. The van der Waals surface area contributed by atoms with Crippen LogP contribution in [0.1, 0.15) is 33.6 Å². The van der Waals surface area contributed by atoms with Gasteiger partial charge in [-0.3, -0.25) is 9.59 Å². The third-order valence-corrected chi connectivity index (χ3v) is 4.23. The van der Waals surface area contributed by atoms with Gasteiger partial charge in [0.05, 0.1) is 5.02 Å². The number of benzene rings is 2. The number of nitrogens with zero attached hydrogens (tertiary/aromatic N) is 1. The molecular weight excluding hydrogens is 331 g/mol. The Morgan fingerprint density at radius 2 is 1.75 bits per heavy atom. The van der Waals surface area contributed by atoms with E-state index in [1.165, 1.54) is 18.2 Å². The van der Waals surface area contributed by atoms with Crippen LogP contribution in [0, 0.1) is 5.82 Å². The van der Waals surface area contributed by atoms with Gasteiger partial charge in [0.15, 0.2) is 0 Å². The first-order valence-corrected chi connectivity index (χ1v) is 8.08. The third kappa shape index (κ3) is 3.57. The highest BCUT2D eigenvalue weighted by atomic mass is 35.5. The molecule has 1 aliphatic rings. The van der Waals surface area contributed by atoms with Crippen molar-refractivity contribution >= 4 is 29.1 Å². The summed E-state index contributed by atoms with van der Waals surface area (Å²) in [6.45, 7) is 1.51. The fourth-order valence-corrected chi connectivity index (χ4v) is 2.85. The molecule has 0 spiro atoms.